The van der Waals surface area contributed by atoms with Crippen molar-refractivity contribution in [3.05, 3.63) is 59.3 Å². The molecular weight excluding hydrogens is 342 g/mol. The van der Waals surface area contributed by atoms with E-state index in [1.54, 1.807) is 18.3 Å². The Labute approximate surface area is 156 Å². The molecule has 0 radical (unpaired) electrons. The van der Waals surface area contributed by atoms with Gasteiger partial charge >= 0.3 is 0 Å². The largest absolute Gasteiger partial charge is 0.372 e. The summed E-state index contributed by atoms with van der Waals surface area (Å²) in [6.07, 6.45) is 6.69. The van der Waals surface area contributed by atoms with Crippen LogP contribution < -0.4 is 15.8 Å². The molecule has 3 heterocycles. The van der Waals surface area contributed by atoms with Crippen LogP contribution in [0.1, 0.15) is 19.3 Å². The molecule has 1 aliphatic heterocycles. The normalized spacial score (nSPS) is 14.3. The number of hydrogen-bond acceptors (Lipinski definition) is 5. The van der Waals surface area contributed by atoms with E-state index in [9.17, 15) is 9.59 Å². The van der Waals surface area contributed by atoms with Crippen molar-refractivity contribution in [1.82, 2.24) is 14.5 Å². The summed E-state index contributed by atoms with van der Waals surface area (Å²) in [5.41, 5.74) is 2.00. The van der Waals surface area contributed by atoms with E-state index in [1.807, 2.05) is 24.3 Å². The second kappa shape index (κ2) is 7.57. The Hall–Kier alpha value is -3.22. The summed E-state index contributed by atoms with van der Waals surface area (Å²) in [7, 11) is 0. The van der Waals surface area contributed by atoms with Gasteiger partial charge in [0.2, 0.25) is 5.91 Å². The molecule has 0 spiro atoms. The molecule has 1 fully saturated rings. The summed E-state index contributed by atoms with van der Waals surface area (Å²) < 4.78 is 1.29. The van der Waals surface area contributed by atoms with E-state index in [0.29, 0.717) is 16.7 Å². The quantitative estimate of drug-likeness (QED) is 0.770. The summed E-state index contributed by atoms with van der Waals surface area (Å²) in [4.78, 5) is 35.3. The Morgan fingerprint density at radius 1 is 1.04 bits per heavy atom. The zero-order valence-corrected chi connectivity index (χ0v) is 15.0. The Morgan fingerprint density at radius 2 is 1.81 bits per heavy atom. The highest BCUT2D eigenvalue weighted by Crippen LogP contribution is 2.21. The van der Waals surface area contributed by atoms with Crippen molar-refractivity contribution in [1.29, 1.82) is 0 Å². The van der Waals surface area contributed by atoms with Crippen LogP contribution in [0.5, 0.6) is 0 Å². The smallest absolute Gasteiger partial charge is 0.263 e. The summed E-state index contributed by atoms with van der Waals surface area (Å²) in [6.45, 7) is 2.07. The minimum Gasteiger partial charge on any atom is -0.372 e. The van der Waals surface area contributed by atoms with Crippen molar-refractivity contribution >= 4 is 28.3 Å². The number of nitrogens with zero attached hydrogens (tertiary/aromatic N) is 4. The first-order valence-electron chi connectivity index (χ1n) is 9.16. The van der Waals surface area contributed by atoms with E-state index < -0.39 is 0 Å². The highest BCUT2D eigenvalue weighted by molar-refractivity contribution is 5.90. The van der Waals surface area contributed by atoms with Gasteiger partial charge in [0.1, 0.15) is 12.9 Å². The van der Waals surface area contributed by atoms with Crippen LogP contribution in [0.15, 0.2) is 53.7 Å². The van der Waals surface area contributed by atoms with Crippen molar-refractivity contribution in [2.45, 2.75) is 25.8 Å². The van der Waals surface area contributed by atoms with Crippen LogP contribution in [0, 0.1) is 0 Å². The van der Waals surface area contributed by atoms with Crippen LogP contribution in [0.25, 0.3) is 11.0 Å². The number of nitrogens with one attached hydrogen (secondary N) is 1. The fourth-order valence-electron chi connectivity index (χ4n) is 3.37. The number of aromatic nitrogens is 3. The summed E-state index contributed by atoms with van der Waals surface area (Å²) in [6, 6.07) is 11.2. The Balaban J connectivity index is 1.43. The van der Waals surface area contributed by atoms with Gasteiger partial charge in [-0.05, 0) is 55.7 Å². The van der Waals surface area contributed by atoms with Gasteiger partial charge in [-0.25, -0.2) is 9.97 Å². The lowest BCUT2D eigenvalue weighted by Crippen LogP contribution is -2.29. The number of fused-ring (bicyclic) bond motifs is 1. The average molecular weight is 363 g/mol. The lowest BCUT2D eigenvalue weighted by atomic mass is 10.1. The molecule has 138 valence electrons. The van der Waals surface area contributed by atoms with Crippen molar-refractivity contribution in [2.24, 2.45) is 0 Å². The number of amides is 1. The first-order chi connectivity index (χ1) is 13.2. The maximum Gasteiger partial charge on any atom is 0.263 e. The maximum absolute atomic E-state index is 12.4. The molecule has 27 heavy (non-hydrogen) atoms. The minimum absolute atomic E-state index is 0.0927. The highest BCUT2D eigenvalue weighted by atomic mass is 16.2. The van der Waals surface area contributed by atoms with Gasteiger partial charge in [0.05, 0.1) is 5.39 Å². The molecule has 7 nitrogen and oxygen atoms in total. The van der Waals surface area contributed by atoms with Crippen LogP contribution >= 0.6 is 0 Å². The van der Waals surface area contributed by atoms with Gasteiger partial charge in [-0.2, -0.15) is 0 Å². The number of rotatable bonds is 4. The predicted octanol–water partition coefficient (Wildman–Crippen LogP) is 2.42. The zero-order chi connectivity index (χ0) is 18.6. The van der Waals surface area contributed by atoms with Crippen molar-refractivity contribution < 1.29 is 4.79 Å². The van der Waals surface area contributed by atoms with E-state index in [4.69, 9.17) is 0 Å². The van der Waals surface area contributed by atoms with Gasteiger partial charge in [0.25, 0.3) is 5.56 Å². The van der Waals surface area contributed by atoms with E-state index in [0.717, 1.165) is 13.1 Å². The minimum atomic E-state index is -0.274. The topological polar surface area (TPSA) is 80.1 Å². The average Bonchev–Trinajstić information content (AvgIpc) is 2.71. The number of carbonyl (C=O) groups excluding carboxylic acids is 1. The Kier molecular flexibility index (Phi) is 4.82. The van der Waals surface area contributed by atoms with Crippen LogP contribution in [-0.2, 0) is 11.3 Å². The molecule has 1 amide bonds. The Morgan fingerprint density at radius 3 is 2.59 bits per heavy atom. The molecule has 1 saturated heterocycles. The third-order valence-electron chi connectivity index (χ3n) is 4.78. The first-order valence-corrected chi connectivity index (χ1v) is 9.16. The first kappa shape index (κ1) is 17.2. The molecule has 0 saturated carbocycles. The zero-order valence-electron chi connectivity index (χ0n) is 15.0. The molecule has 0 atom stereocenters. The maximum atomic E-state index is 12.4. The van der Waals surface area contributed by atoms with Gasteiger partial charge < -0.3 is 10.2 Å². The predicted molar refractivity (Wildman–Crippen MR) is 105 cm³/mol. The summed E-state index contributed by atoms with van der Waals surface area (Å²) in [5.74, 6) is -0.270. The third-order valence-corrected chi connectivity index (χ3v) is 4.78. The SMILES string of the molecule is O=C(Cn1cnc2ncccc2c1=O)Nc1ccc(N2CCCCC2)cc1. The standard InChI is InChI=1S/C20H21N5O2/c26-18(13-25-14-22-19-17(20(25)27)5-4-10-21-19)23-15-6-8-16(9-7-15)24-11-2-1-3-12-24/h4-10,14H,1-3,11-13H2,(H,23,26). The van der Waals surface area contributed by atoms with Crippen molar-refractivity contribution in [3.63, 3.8) is 0 Å². The van der Waals surface area contributed by atoms with Crippen LogP contribution in [-0.4, -0.2) is 33.5 Å². The molecule has 0 aliphatic carbocycles. The number of pyridine rings is 1. The molecule has 1 aliphatic rings. The molecule has 1 N–H and O–H groups in total. The van der Waals surface area contributed by atoms with E-state index >= 15 is 0 Å². The summed E-state index contributed by atoms with van der Waals surface area (Å²) in [5, 5.41) is 3.24. The van der Waals surface area contributed by atoms with E-state index in [1.165, 1.54) is 35.8 Å². The molecule has 2 aromatic heterocycles. The highest BCUT2D eigenvalue weighted by Gasteiger charge is 2.12. The van der Waals surface area contributed by atoms with Gasteiger partial charge in [-0.3, -0.25) is 14.2 Å². The second-order valence-electron chi connectivity index (χ2n) is 6.69. The van der Waals surface area contributed by atoms with Gasteiger partial charge in [-0.15, -0.1) is 0 Å². The number of piperidine rings is 1. The number of anilines is 2. The molecular formula is C20H21N5O2. The van der Waals surface area contributed by atoms with Crippen LogP contribution in [0.2, 0.25) is 0 Å². The molecule has 4 rings (SSSR count). The molecule has 7 heteroatoms. The third kappa shape index (κ3) is 3.81. The summed E-state index contributed by atoms with van der Waals surface area (Å²) >= 11 is 0. The Bertz CT molecular complexity index is 1010. The van der Waals surface area contributed by atoms with Crippen LogP contribution in [0.4, 0.5) is 11.4 Å². The fourth-order valence-corrected chi connectivity index (χ4v) is 3.37. The van der Waals surface area contributed by atoms with Crippen molar-refractivity contribution in [2.75, 3.05) is 23.3 Å². The van der Waals surface area contributed by atoms with Gasteiger partial charge in [-0.1, -0.05) is 0 Å². The lowest BCUT2D eigenvalue weighted by molar-refractivity contribution is -0.116. The number of carbonyl (C=O) groups is 1. The number of benzene rings is 1. The van der Waals surface area contributed by atoms with Gasteiger partial charge in [0.15, 0.2) is 5.65 Å². The van der Waals surface area contributed by atoms with Crippen LogP contribution in [0.3, 0.4) is 0 Å². The number of hydrogen-bond donors (Lipinski definition) is 1. The van der Waals surface area contributed by atoms with Crippen molar-refractivity contribution in [3.8, 4) is 0 Å². The molecule has 0 unspecified atom stereocenters. The van der Waals surface area contributed by atoms with E-state index in [2.05, 4.69) is 20.2 Å². The second-order valence-corrected chi connectivity index (χ2v) is 6.69. The lowest BCUT2D eigenvalue weighted by Gasteiger charge is -2.28. The monoisotopic (exact) mass is 363 g/mol. The molecule has 1 aromatic carbocycles. The fraction of sp³-hybridized carbons (Fsp3) is 0.300. The van der Waals surface area contributed by atoms with Gasteiger partial charge in [0, 0.05) is 30.7 Å². The molecule has 0 bridgehead atoms. The molecule has 3 aromatic rings. The van der Waals surface area contributed by atoms with E-state index in [-0.39, 0.29) is 18.0 Å².